The van der Waals surface area contributed by atoms with Gasteiger partial charge in [-0.25, -0.2) is 4.98 Å². The van der Waals surface area contributed by atoms with Gasteiger partial charge in [-0.1, -0.05) is 0 Å². The molecule has 2 aromatic carbocycles. The van der Waals surface area contributed by atoms with Crippen molar-refractivity contribution in [2.24, 2.45) is 0 Å². The molecule has 2 heterocycles. The molecule has 0 radical (unpaired) electrons. The predicted octanol–water partition coefficient (Wildman–Crippen LogP) is 2.74. The molecule has 0 bridgehead atoms. The van der Waals surface area contributed by atoms with Crippen molar-refractivity contribution in [3.63, 3.8) is 0 Å². The van der Waals surface area contributed by atoms with E-state index < -0.39 is 0 Å². The molecule has 0 atom stereocenters. The van der Waals surface area contributed by atoms with Crippen LogP contribution in [0.15, 0.2) is 46.9 Å². The van der Waals surface area contributed by atoms with Crippen molar-refractivity contribution in [3.8, 4) is 5.75 Å². The van der Waals surface area contributed by atoms with Crippen LogP contribution < -0.4 is 4.74 Å². The molecule has 1 saturated heterocycles. The monoisotopic (exact) mass is 379 g/mol. The Balaban J connectivity index is 1.41. The maximum atomic E-state index is 12.8. The zero-order valence-electron chi connectivity index (χ0n) is 15.8. The van der Waals surface area contributed by atoms with Crippen molar-refractivity contribution in [2.75, 3.05) is 33.3 Å². The zero-order valence-corrected chi connectivity index (χ0v) is 15.8. The molecule has 0 spiro atoms. The fraction of sp³-hybridized carbons (Fsp3) is 0.286. The molecule has 0 aliphatic carbocycles. The Labute approximate surface area is 162 Å². The third-order valence-electron chi connectivity index (χ3n) is 4.93. The van der Waals surface area contributed by atoms with Crippen LogP contribution in [0.25, 0.3) is 11.1 Å². The van der Waals surface area contributed by atoms with Gasteiger partial charge in [0.2, 0.25) is 0 Å². The number of amides is 2. The number of hydrogen-bond acceptors (Lipinski definition) is 5. The summed E-state index contributed by atoms with van der Waals surface area (Å²) in [5, 5.41) is 0. The van der Waals surface area contributed by atoms with Gasteiger partial charge < -0.3 is 19.0 Å². The molecule has 1 aliphatic rings. The number of rotatable bonds is 3. The summed E-state index contributed by atoms with van der Waals surface area (Å²) < 4.78 is 10.6. The first-order valence-corrected chi connectivity index (χ1v) is 9.15. The first-order valence-electron chi connectivity index (χ1n) is 9.15. The van der Waals surface area contributed by atoms with Gasteiger partial charge in [-0.15, -0.1) is 0 Å². The number of fused-ring (bicyclic) bond motifs is 1. The van der Waals surface area contributed by atoms with E-state index in [-0.39, 0.29) is 11.8 Å². The minimum atomic E-state index is -0.0564. The van der Waals surface area contributed by atoms with Crippen LogP contribution in [-0.4, -0.2) is 59.9 Å². The lowest BCUT2D eigenvalue weighted by atomic mass is 10.1. The van der Waals surface area contributed by atoms with Gasteiger partial charge in [0.05, 0.1) is 7.11 Å². The molecule has 0 N–H and O–H groups in total. The van der Waals surface area contributed by atoms with E-state index in [1.807, 2.05) is 0 Å². The summed E-state index contributed by atoms with van der Waals surface area (Å²) in [4.78, 5) is 33.3. The van der Waals surface area contributed by atoms with E-state index >= 15 is 0 Å². The van der Waals surface area contributed by atoms with Crippen LogP contribution in [0.5, 0.6) is 5.75 Å². The van der Waals surface area contributed by atoms with Crippen molar-refractivity contribution in [3.05, 3.63) is 59.5 Å². The van der Waals surface area contributed by atoms with E-state index in [0.717, 1.165) is 0 Å². The van der Waals surface area contributed by atoms with Crippen molar-refractivity contribution in [1.29, 1.82) is 0 Å². The van der Waals surface area contributed by atoms with E-state index in [4.69, 9.17) is 9.15 Å². The summed E-state index contributed by atoms with van der Waals surface area (Å²) in [6.07, 6.45) is 0. The second-order valence-corrected chi connectivity index (χ2v) is 6.73. The van der Waals surface area contributed by atoms with Gasteiger partial charge in [0.15, 0.2) is 11.5 Å². The number of oxazole rings is 1. The Hall–Kier alpha value is -3.35. The third kappa shape index (κ3) is 3.43. The van der Waals surface area contributed by atoms with Gasteiger partial charge in [-0.3, -0.25) is 9.59 Å². The van der Waals surface area contributed by atoms with Crippen LogP contribution in [0.3, 0.4) is 0 Å². The molecular weight excluding hydrogens is 358 g/mol. The minimum absolute atomic E-state index is 0.0331. The average molecular weight is 379 g/mol. The molecule has 3 aromatic rings. The van der Waals surface area contributed by atoms with Crippen molar-refractivity contribution in [2.45, 2.75) is 6.92 Å². The molecule has 0 unspecified atom stereocenters. The number of methoxy groups -OCH3 is 1. The highest BCUT2D eigenvalue weighted by Crippen LogP contribution is 2.19. The number of carbonyl (C=O) groups is 2. The predicted molar refractivity (Wildman–Crippen MR) is 104 cm³/mol. The zero-order chi connectivity index (χ0) is 19.7. The fourth-order valence-corrected chi connectivity index (χ4v) is 3.39. The quantitative estimate of drug-likeness (QED) is 0.699. The van der Waals surface area contributed by atoms with Gasteiger partial charge in [-0.2, -0.15) is 0 Å². The average Bonchev–Trinajstić information content (AvgIpc) is 3.12. The summed E-state index contributed by atoms with van der Waals surface area (Å²) in [7, 11) is 1.59. The minimum Gasteiger partial charge on any atom is -0.497 e. The first-order chi connectivity index (χ1) is 13.5. The molecule has 7 heteroatoms. The Morgan fingerprint density at radius 1 is 0.929 bits per heavy atom. The van der Waals surface area contributed by atoms with Crippen LogP contribution in [0, 0.1) is 6.92 Å². The Morgan fingerprint density at radius 3 is 2.11 bits per heavy atom. The Morgan fingerprint density at radius 2 is 1.50 bits per heavy atom. The van der Waals surface area contributed by atoms with Crippen molar-refractivity contribution >= 4 is 22.9 Å². The van der Waals surface area contributed by atoms with Gasteiger partial charge in [-0.05, 0) is 42.5 Å². The first kappa shape index (κ1) is 18.0. The van der Waals surface area contributed by atoms with Crippen LogP contribution in [0.1, 0.15) is 26.6 Å². The number of aromatic nitrogens is 1. The molecule has 1 fully saturated rings. The summed E-state index contributed by atoms with van der Waals surface area (Å²) in [5.41, 5.74) is 2.55. The molecule has 2 amide bonds. The Kier molecular flexibility index (Phi) is 4.73. The SMILES string of the molecule is COc1ccc(C(=O)N2CCN(C(=O)c3ccc4oc(C)nc4c3)CC2)cc1. The lowest BCUT2D eigenvalue weighted by molar-refractivity contribution is 0.0535. The van der Waals surface area contributed by atoms with E-state index in [0.29, 0.717) is 60.0 Å². The van der Waals surface area contributed by atoms with Crippen molar-refractivity contribution in [1.82, 2.24) is 14.8 Å². The van der Waals surface area contributed by atoms with Gasteiger partial charge >= 0.3 is 0 Å². The third-order valence-corrected chi connectivity index (χ3v) is 4.93. The van der Waals surface area contributed by atoms with Crippen LogP contribution in [0.4, 0.5) is 0 Å². The maximum absolute atomic E-state index is 12.8. The van der Waals surface area contributed by atoms with E-state index in [1.165, 1.54) is 0 Å². The topological polar surface area (TPSA) is 75.9 Å². The van der Waals surface area contributed by atoms with Crippen LogP contribution in [0.2, 0.25) is 0 Å². The summed E-state index contributed by atoms with van der Waals surface area (Å²) in [6, 6.07) is 12.3. The summed E-state index contributed by atoms with van der Waals surface area (Å²) in [6.45, 7) is 3.78. The molecule has 28 heavy (non-hydrogen) atoms. The number of nitrogens with zero attached hydrogens (tertiary/aromatic N) is 3. The largest absolute Gasteiger partial charge is 0.497 e. The van der Waals surface area contributed by atoms with E-state index in [9.17, 15) is 9.59 Å². The molecule has 144 valence electrons. The maximum Gasteiger partial charge on any atom is 0.254 e. The standard InChI is InChI=1S/C21H21N3O4/c1-14-22-18-13-16(5-8-19(18)28-14)21(26)24-11-9-23(10-12-24)20(25)15-3-6-17(27-2)7-4-15/h3-8,13H,9-12H2,1-2H3. The Bertz CT molecular complexity index is 1020. The number of hydrogen-bond donors (Lipinski definition) is 0. The van der Waals surface area contributed by atoms with Gasteiger partial charge in [0.25, 0.3) is 11.8 Å². The lowest BCUT2D eigenvalue weighted by Gasteiger charge is -2.34. The lowest BCUT2D eigenvalue weighted by Crippen LogP contribution is -2.50. The number of benzene rings is 2. The summed E-state index contributed by atoms with van der Waals surface area (Å²) >= 11 is 0. The van der Waals surface area contributed by atoms with Gasteiger partial charge in [0.1, 0.15) is 11.3 Å². The molecule has 0 saturated carbocycles. The summed E-state index contributed by atoms with van der Waals surface area (Å²) in [5.74, 6) is 1.20. The van der Waals surface area contributed by atoms with Gasteiger partial charge in [0, 0.05) is 44.2 Å². The number of piperazine rings is 1. The fourth-order valence-electron chi connectivity index (χ4n) is 3.39. The molecule has 7 nitrogen and oxygen atoms in total. The normalized spacial score (nSPS) is 14.4. The molecule has 1 aliphatic heterocycles. The highest BCUT2D eigenvalue weighted by Gasteiger charge is 2.26. The second-order valence-electron chi connectivity index (χ2n) is 6.73. The van der Waals surface area contributed by atoms with E-state index in [2.05, 4.69) is 4.98 Å². The molecule has 4 rings (SSSR count). The molecule has 1 aromatic heterocycles. The molecular formula is C21H21N3O4. The van der Waals surface area contributed by atoms with Crippen molar-refractivity contribution < 1.29 is 18.7 Å². The highest BCUT2D eigenvalue weighted by molar-refractivity contribution is 5.98. The number of carbonyl (C=O) groups excluding carboxylic acids is 2. The second kappa shape index (κ2) is 7.34. The van der Waals surface area contributed by atoms with E-state index in [1.54, 1.807) is 66.3 Å². The van der Waals surface area contributed by atoms with Crippen LogP contribution >= 0.6 is 0 Å². The highest BCUT2D eigenvalue weighted by atomic mass is 16.5. The van der Waals surface area contributed by atoms with Crippen LogP contribution in [-0.2, 0) is 0 Å². The number of ether oxygens (including phenoxy) is 1. The number of aryl methyl sites for hydroxylation is 1. The smallest absolute Gasteiger partial charge is 0.254 e.